The van der Waals surface area contributed by atoms with Crippen molar-refractivity contribution in [1.29, 1.82) is 0 Å². The average molecular weight is 402 g/mol. The van der Waals surface area contributed by atoms with Crippen LogP contribution in [-0.2, 0) is 4.79 Å². The summed E-state index contributed by atoms with van der Waals surface area (Å²) in [6, 6.07) is 7.86. The molecule has 1 amide bonds. The van der Waals surface area contributed by atoms with Crippen molar-refractivity contribution in [3.63, 3.8) is 0 Å². The highest BCUT2D eigenvalue weighted by molar-refractivity contribution is 7.99. The number of carbonyl (C=O) groups is 1. The predicted molar refractivity (Wildman–Crippen MR) is 113 cm³/mol. The van der Waals surface area contributed by atoms with Gasteiger partial charge >= 0.3 is 0 Å². The van der Waals surface area contributed by atoms with E-state index in [4.69, 9.17) is 0 Å². The van der Waals surface area contributed by atoms with Gasteiger partial charge in [0.1, 0.15) is 4.70 Å². The third-order valence-electron chi connectivity index (χ3n) is 4.62. The zero-order valence-electron chi connectivity index (χ0n) is 15.9. The number of hydrogen-bond acceptors (Lipinski definition) is 5. The molecule has 2 aromatic heterocycles. The summed E-state index contributed by atoms with van der Waals surface area (Å²) in [5, 5.41) is 5.37. The Labute approximate surface area is 166 Å². The van der Waals surface area contributed by atoms with Crippen LogP contribution < -0.4 is 10.9 Å². The molecule has 1 N–H and O–H groups in total. The van der Waals surface area contributed by atoms with E-state index in [9.17, 15) is 9.59 Å². The van der Waals surface area contributed by atoms with Gasteiger partial charge in [-0.25, -0.2) is 4.98 Å². The number of nitrogens with one attached hydrogen (secondary N) is 1. The van der Waals surface area contributed by atoms with E-state index < -0.39 is 0 Å². The summed E-state index contributed by atoms with van der Waals surface area (Å²) in [7, 11) is 0. The van der Waals surface area contributed by atoms with Crippen LogP contribution in [0.2, 0.25) is 0 Å². The topological polar surface area (TPSA) is 64.0 Å². The van der Waals surface area contributed by atoms with Crippen molar-refractivity contribution in [2.75, 3.05) is 5.75 Å². The minimum absolute atomic E-state index is 0.0541. The normalized spacial score (nSPS) is 12.3. The Morgan fingerprint density at radius 2 is 2.11 bits per heavy atom. The molecule has 0 spiro atoms. The molecule has 3 aromatic rings. The van der Waals surface area contributed by atoms with E-state index in [2.05, 4.69) is 10.3 Å². The molecular formula is C20H23N3O2S2. The fourth-order valence-electron chi connectivity index (χ4n) is 2.73. The number of thioether (sulfide) groups is 1. The van der Waals surface area contributed by atoms with Crippen LogP contribution in [0.25, 0.3) is 15.9 Å². The van der Waals surface area contributed by atoms with Gasteiger partial charge in [0, 0.05) is 6.04 Å². The molecule has 27 heavy (non-hydrogen) atoms. The highest BCUT2D eigenvalue weighted by Crippen LogP contribution is 2.26. The first-order valence-corrected chi connectivity index (χ1v) is 10.8. The Morgan fingerprint density at radius 1 is 1.33 bits per heavy atom. The first-order valence-electron chi connectivity index (χ1n) is 8.91. The zero-order valence-corrected chi connectivity index (χ0v) is 17.5. The Kier molecular flexibility index (Phi) is 6.01. The van der Waals surface area contributed by atoms with Crippen molar-refractivity contribution >= 4 is 39.2 Å². The van der Waals surface area contributed by atoms with Crippen LogP contribution in [0.15, 0.2) is 39.6 Å². The summed E-state index contributed by atoms with van der Waals surface area (Å²) in [6.07, 6.45) is 0.878. The Balaban J connectivity index is 2.05. The van der Waals surface area contributed by atoms with Crippen LogP contribution in [0.5, 0.6) is 0 Å². The molecule has 5 nitrogen and oxygen atoms in total. The molecule has 0 saturated carbocycles. The van der Waals surface area contributed by atoms with E-state index in [0.29, 0.717) is 15.4 Å². The molecule has 1 atom stereocenters. The van der Waals surface area contributed by atoms with Gasteiger partial charge in [-0.05, 0) is 55.8 Å². The highest BCUT2D eigenvalue weighted by atomic mass is 32.2. The molecule has 0 saturated heterocycles. The van der Waals surface area contributed by atoms with E-state index in [0.717, 1.165) is 23.2 Å². The van der Waals surface area contributed by atoms with Gasteiger partial charge in [-0.2, -0.15) is 0 Å². The molecule has 0 bridgehead atoms. The van der Waals surface area contributed by atoms with Gasteiger partial charge in [-0.3, -0.25) is 14.2 Å². The van der Waals surface area contributed by atoms with Gasteiger partial charge in [0.05, 0.1) is 17.0 Å². The number of carbonyl (C=O) groups excluding carboxylic acids is 1. The maximum Gasteiger partial charge on any atom is 0.276 e. The number of thiophene rings is 1. The SMILES string of the molecule is CCC(C)NC(=O)CSc1nc2ccsc2c(=O)n1-c1cccc(C)c1C. The van der Waals surface area contributed by atoms with Crippen molar-refractivity contribution in [3.05, 3.63) is 51.1 Å². The fraction of sp³-hybridized carbons (Fsp3) is 0.350. The summed E-state index contributed by atoms with van der Waals surface area (Å²) in [5.41, 5.74) is 3.54. The monoisotopic (exact) mass is 401 g/mol. The lowest BCUT2D eigenvalue weighted by Gasteiger charge is -2.16. The van der Waals surface area contributed by atoms with Crippen LogP contribution in [0.1, 0.15) is 31.4 Å². The standard InChI is InChI=1S/C20H23N3O2S2/c1-5-13(3)21-17(24)11-27-20-22-15-9-10-26-18(15)19(25)23(20)16-8-6-7-12(2)14(16)4/h6-10,13H,5,11H2,1-4H3,(H,21,24). The van der Waals surface area contributed by atoms with Crippen molar-refractivity contribution < 1.29 is 4.79 Å². The van der Waals surface area contributed by atoms with Gasteiger partial charge in [-0.15, -0.1) is 11.3 Å². The van der Waals surface area contributed by atoms with E-state index in [1.54, 1.807) is 4.57 Å². The van der Waals surface area contributed by atoms with Gasteiger partial charge in [0.25, 0.3) is 5.56 Å². The van der Waals surface area contributed by atoms with Gasteiger partial charge in [0.15, 0.2) is 5.16 Å². The summed E-state index contributed by atoms with van der Waals surface area (Å²) >= 11 is 2.69. The second kappa shape index (κ2) is 8.27. The van der Waals surface area contributed by atoms with Crippen LogP contribution in [0.3, 0.4) is 0 Å². The number of hydrogen-bond donors (Lipinski definition) is 1. The first-order chi connectivity index (χ1) is 12.9. The molecule has 7 heteroatoms. The molecule has 0 aliphatic rings. The smallest absolute Gasteiger partial charge is 0.276 e. The third kappa shape index (κ3) is 4.09. The molecule has 3 rings (SSSR count). The molecule has 1 aromatic carbocycles. The third-order valence-corrected chi connectivity index (χ3v) is 6.45. The van der Waals surface area contributed by atoms with E-state index in [-0.39, 0.29) is 23.3 Å². The Hall–Kier alpha value is -2.12. The maximum atomic E-state index is 13.2. The maximum absolute atomic E-state index is 13.2. The van der Waals surface area contributed by atoms with Crippen molar-refractivity contribution in [2.45, 2.75) is 45.3 Å². The minimum Gasteiger partial charge on any atom is -0.353 e. The van der Waals surface area contributed by atoms with Crippen LogP contribution >= 0.6 is 23.1 Å². The predicted octanol–water partition coefficient (Wildman–Crippen LogP) is 4.07. The lowest BCUT2D eigenvalue weighted by atomic mass is 10.1. The summed E-state index contributed by atoms with van der Waals surface area (Å²) in [5.74, 6) is 0.165. The van der Waals surface area contributed by atoms with Gasteiger partial charge in [0.2, 0.25) is 5.91 Å². The molecule has 1 unspecified atom stereocenters. The number of benzene rings is 1. The molecule has 2 heterocycles. The molecule has 0 fully saturated rings. The largest absolute Gasteiger partial charge is 0.353 e. The second-order valence-corrected chi connectivity index (χ2v) is 8.41. The molecule has 0 aliphatic heterocycles. The number of amides is 1. The van der Waals surface area contributed by atoms with Gasteiger partial charge in [-0.1, -0.05) is 30.8 Å². The molecule has 0 aliphatic carbocycles. The summed E-state index contributed by atoms with van der Waals surface area (Å²) in [4.78, 5) is 30.0. The lowest BCUT2D eigenvalue weighted by molar-refractivity contribution is -0.119. The fourth-order valence-corrected chi connectivity index (χ4v) is 4.30. The van der Waals surface area contributed by atoms with Gasteiger partial charge < -0.3 is 5.32 Å². The number of rotatable bonds is 6. The summed E-state index contributed by atoms with van der Waals surface area (Å²) < 4.78 is 2.27. The molecule has 142 valence electrons. The summed E-state index contributed by atoms with van der Waals surface area (Å²) in [6.45, 7) is 8.03. The van der Waals surface area contributed by atoms with E-state index in [1.807, 2.05) is 57.3 Å². The van der Waals surface area contributed by atoms with E-state index >= 15 is 0 Å². The quantitative estimate of drug-likeness (QED) is 0.499. The molecular weight excluding hydrogens is 378 g/mol. The van der Waals surface area contributed by atoms with Crippen LogP contribution in [-0.4, -0.2) is 27.3 Å². The van der Waals surface area contributed by atoms with Crippen molar-refractivity contribution in [2.24, 2.45) is 0 Å². The lowest BCUT2D eigenvalue weighted by Crippen LogP contribution is -2.33. The number of aryl methyl sites for hydroxylation is 1. The van der Waals surface area contributed by atoms with Crippen LogP contribution in [0.4, 0.5) is 0 Å². The van der Waals surface area contributed by atoms with Crippen molar-refractivity contribution in [1.82, 2.24) is 14.9 Å². The first kappa shape index (κ1) is 19.6. The number of aromatic nitrogens is 2. The van der Waals surface area contributed by atoms with E-state index in [1.165, 1.54) is 23.1 Å². The number of nitrogens with zero attached hydrogens (tertiary/aromatic N) is 2. The second-order valence-electron chi connectivity index (χ2n) is 6.55. The average Bonchev–Trinajstić information content (AvgIpc) is 3.12. The Morgan fingerprint density at radius 3 is 2.85 bits per heavy atom. The minimum atomic E-state index is -0.0893. The highest BCUT2D eigenvalue weighted by Gasteiger charge is 2.17. The number of fused-ring (bicyclic) bond motifs is 1. The zero-order chi connectivity index (χ0) is 19.6. The molecule has 0 radical (unpaired) electrons. The Bertz CT molecular complexity index is 1040. The van der Waals surface area contributed by atoms with Crippen molar-refractivity contribution in [3.8, 4) is 5.69 Å². The van der Waals surface area contributed by atoms with Crippen LogP contribution in [0, 0.1) is 13.8 Å².